The van der Waals surface area contributed by atoms with E-state index < -0.39 is 0 Å². The van der Waals surface area contributed by atoms with Gasteiger partial charge in [-0.3, -0.25) is 0 Å². The summed E-state index contributed by atoms with van der Waals surface area (Å²) in [6.07, 6.45) is 0. The molecule has 2 nitrogen and oxygen atoms in total. The minimum Gasteiger partial charge on any atom is -0.384 e. The Morgan fingerprint density at radius 1 is 1.33 bits per heavy atom. The number of likely N-dealkylation sites (N-methyl/N-ethyl adjacent to an activating group) is 1. The Bertz CT molecular complexity index is 273. The van der Waals surface area contributed by atoms with Gasteiger partial charge in [-0.25, -0.2) is 0 Å². The molecule has 0 aliphatic rings. The molecule has 84 valence electrons. The standard InChI is InChI=1S/C12H18BrNO/c1-3-14-8-11(9-15-2)10-4-6-12(13)7-5-10/h4-7,11,14H,3,8-9H2,1-2H3. The number of halogens is 1. The Morgan fingerprint density at radius 3 is 2.53 bits per heavy atom. The van der Waals surface area contributed by atoms with E-state index in [4.69, 9.17) is 4.74 Å². The van der Waals surface area contributed by atoms with Crippen molar-refractivity contribution in [1.82, 2.24) is 5.32 Å². The largest absolute Gasteiger partial charge is 0.384 e. The normalized spacial score (nSPS) is 12.7. The molecule has 0 bridgehead atoms. The molecule has 0 heterocycles. The van der Waals surface area contributed by atoms with Crippen LogP contribution in [0.15, 0.2) is 28.7 Å². The van der Waals surface area contributed by atoms with Crippen LogP contribution >= 0.6 is 15.9 Å². The average Bonchev–Trinajstić information content (AvgIpc) is 2.25. The van der Waals surface area contributed by atoms with Crippen molar-refractivity contribution in [3.05, 3.63) is 34.3 Å². The first-order valence-corrected chi connectivity index (χ1v) is 6.02. The van der Waals surface area contributed by atoms with Gasteiger partial charge in [0.2, 0.25) is 0 Å². The van der Waals surface area contributed by atoms with Crippen molar-refractivity contribution in [2.24, 2.45) is 0 Å². The van der Waals surface area contributed by atoms with Crippen LogP contribution in [0, 0.1) is 0 Å². The first kappa shape index (κ1) is 12.7. The predicted octanol–water partition coefficient (Wildman–Crippen LogP) is 2.79. The number of ether oxygens (including phenoxy) is 1. The third-order valence-corrected chi connectivity index (χ3v) is 2.88. The highest BCUT2D eigenvalue weighted by atomic mass is 79.9. The SMILES string of the molecule is CCNCC(COC)c1ccc(Br)cc1. The van der Waals surface area contributed by atoms with Gasteiger partial charge in [0.25, 0.3) is 0 Å². The van der Waals surface area contributed by atoms with Crippen molar-refractivity contribution in [1.29, 1.82) is 0 Å². The van der Waals surface area contributed by atoms with Gasteiger partial charge < -0.3 is 10.1 Å². The minimum absolute atomic E-state index is 0.433. The molecule has 0 aromatic heterocycles. The van der Waals surface area contributed by atoms with Gasteiger partial charge in [-0.05, 0) is 24.2 Å². The van der Waals surface area contributed by atoms with Gasteiger partial charge >= 0.3 is 0 Å². The molecule has 1 unspecified atom stereocenters. The molecule has 0 radical (unpaired) electrons. The number of hydrogen-bond acceptors (Lipinski definition) is 2. The molecule has 1 N–H and O–H groups in total. The van der Waals surface area contributed by atoms with Crippen molar-refractivity contribution in [2.45, 2.75) is 12.8 Å². The summed E-state index contributed by atoms with van der Waals surface area (Å²) in [4.78, 5) is 0. The Labute approximate surface area is 100 Å². The fourth-order valence-electron chi connectivity index (χ4n) is 1.53. The van der Waals surface area contributed by atoms with E-state index in [0.717, 1.165) is 24.2 Å². The minimum atomic E-state index is 0.433. The number of benzene rings is 1. The second kappa shape index (κ2) is 6.99. The first-order chi connectivity index (χ1) is 7.27. The van der Waals surface area contributed by atoms with E-state index in [0.29, 0.717) is 5.92 Å². The number of nitrogens with one attached hydrogen (secondary N) is 1. The highest BCUT2D eigenvalue weighted by Gasteiger charge is 2.10. The van der Waals surface area contributed by atoms with E-state index in [2.05, 4.69) is 52.4 Å². The molecule has 15 heavy (non-hydrogen) atoms. The van der Waals surface area contributed by atoms with E-state index in [1.165, 1.54) is 5.56 Å². The van der Waals surface area contributed by atoms with E-state index >= 15 is 0 Å². The van der Waals surface area contributed by atoms with Crippen molar-refractivity contribution in [3.63, 3.8) is 0 Å². The van der Waals surface area contributed by atoms with Crippen LogP contribution in [0.5, 0.6) is 0 Å². The first-order valence-electron chi connectivity index (χ1n) is 5.23. The lowest BCUT2D eigenvalue weighted by Crippen LogP contribution is -2.24. The topological polar surface area (TPSA) is 21.3 Å². The van der Waals surface area contributed by atoms with Crippen LogP contribution in [0.25, 0.3) is 0 Å². The lowest BCUT2D eigenvalue weighted by molar-refractivity contribution is 0.178. The molecular weight excluding hydrogens is 254 g/mol. The molecule has 0 spiro atoms. The van der Waals surface area contributed by atoms with Gasteiger partial charge in [0.15, 0.2) is 0 Å². The summed E-state index contributed by atoms with van der Waals surface area (Å²) in [5.41, 5.74) is 1.32. The molecule has 0 aliphatic carbocycles. The predicted molar refractivity (Wildman–Crippen MR) is 67.3 cm³/mol. The summed E-state index contributed by atoms with van der Waals surface area (Å²) >= 11 is 3.44. The van der Waals surface area contributed by atoms with Crippen molar-refractivity contribution in [2.75, 3.05) is 26.8 Å². The van der Waals surface area contributed by atoms with E-state index in [-0.39, 0.29) is 0 Å². The molecule has 0 saturated heterocycles. The Morgan fingerprint density at radius 2 is 2.00 bits per heavy atom. The maximum Gasteiger partial charge on any atom is 0.0543 e. The van der Waals surface area contributed by atoms with Gasteiger partial charge in [-0.1, -0.05) is 35.0 Å². The van der Waals surface area contributed by atoms with E-state index in [1.54, 1.807) is 7.11 Å². The van der Waals surface area contributed by atoms with Crippen molar-refractivity contribution < 1.29 is 4.74 Å². The Kier molecular flexibility index (Phi) is 5.91. The summed E-state index contributed by atoms with van der Waals surface area (Å²) in [5, 5.41) is 3.35. The second-order valence-electron chi connectivity index (χ2n) is 3.51. The third-order valence-electron chi connectivity index (χ3n) is 2.35. The number of hydrogen-bond donors (Lipinski definition) is 1. The van der Waals surface area contributed by atoms with Gasteiger partial charge in [0, 0.05) is 24.0 Å². The molecule has 1 rings (SSSR count). The lowest BCUT2D eigenvalue weighted by atomic mass is 10.00. The summed E-state index contributed by atoms with van der Waals surface area (Å²) in [6.45, 7) is 4.84. The molecule has 0 amide bonds. The van der Waals surface area contributed by atoms with Gasteiger partial charge in [-0.2, -0.15) is 0 Å². The molecule has 1 aromatic rings. The van der Waals surface area contributed by atoms with Crippen molar-refractivity contribution in [3.8, 4) is 0 Å². The van der Waals surface area contributed by atoms with Gasteiger partial charge in [-0.15, -0.1) is 0 Å². The zero-order valence-corrected chi connectivity index (χ0v) is 10.9. The lowest BCUT2D eigenvalue weighted by Gasteiger charge is -2.16. The van der Waals surface area contributed by atoms with Crippen LogP contribution in [0.3, 0.4) is 0 Å². The number of rotatable bonds is 6. The quantitative estimate of drug-likeness (QED) is 0.859. The summed E-state index contributed by atoms with van der Waals surface area (Å²) in [7, 11) is 1.75. The molecule has 0 aliphatic heterocycles. The maximum atomic E-state index is 5.23. The third kappa shape index (κ3) is 4.33. The van der Waals surface area contributed by atoms with E-state index in [9.17, 15) is 0 Å². The molecule has 3 heteroatoms. The Balaban J connectivity index is 2.65. The zero-order chi connectivity index (χ0) is 11.1. The number of methoxy groups -OCH3 is 1. The summed E-state index contributed by atoms with van der Waals surface area (Å²) in [5.74, 6) is 0.433. The monoisotopic (exact) mass is 271 g/mol. The van der Waals surface area contributed by atoms with Gasteiger partial charge in [0.05, 0.1) is 6.61 Å². The fraction of sp³-hybridized carbons (Fsp3) is 0.500. The zero-order valence-electron chi connectivity index (χ0n) is 9.29. The second-order valence-corrected chi connectivity index (χ2v) is 4.43. The smallest absolute Gasteiger partial charge is 0.0543 e. The maximum absolute atomic E-state index is 5.23. The average molecular weight is 272 g/mol. The fourth-order valence-corrected chi connectivity index (χ4v) is 1.79. The van der Waals surface area contributed by atoms with E-state index in [1.807, 2.05) is 0 Å². The molecule has 0 fully saturated rings. The van der Waals surface area contributed by atoms with Gasteiger partial charge in [0.1, 0.15) is 0 Å². The summed E-state index contributed by atoms with van der Waals surface area (Å²) in [6, 6.07) is 8.43. The summed E-state index contributed by atoms with van der Waals surface area (Å²) < 4.78 is 6.35. The van der Waals surface area contributed by atoms with Crippen LogP contribution in [-0.2, 0) is 4.74 Å². The van der Waals surface area contributed by atoms with Crippen LogP contribution in [0.4, 0.5) is 0 Å². The molecule has 1 atom stereocenters. The van der Waals surface area contributed by atoms with Crippen LogP contribution in [0.2, 0.25) is 0 Å². The highest BCUT2D eigenvalue weighted by Crippen LogP contribution is 2.18. The molecular formula is C12H18BrNO. The van der Waals surface area contributed by atoms with Crippen LogP contribution < -0.4 is 5.32 Å². The van der Waals surface area contributed by atoms with Crippen LogP contribution in [-0.4, -0.2) is 26.8 Å². The molecule has 1 aromatic carbocycles. The molecule has 0 saturated carbocycles. The van der Waals surface area contributed by atoms with Crippen LogP contribution in [0.1, 0.15) is 18.4 Å². The van der Waals surface area contributed by atoms with Crippen molar-refractivity contribution >= 4 is 15.9 Å². The Hall–Kier alpha value is -0.380. The highest BCUT2D eigenvalue weighted by molar-refractivity contribution is 9.10.